The van der Waals surface area contributed by atoms with E-state index in [1.165, 1.54) is 12.1 Å². The van der Waals surface area contributed by atoms with Gasteiger partial charge in [0, 0.05) is 18.2 Å². The van der Waals surface area contributed by atoms with E-state index in [0.29, 0.717) is 22.6 Å². The fourth-order valence-electron chi connectivity index (χ4n) is 2.13. The first kappa shape index (κ1) is 15.1. The van der Waals surface area contributed by atoms with Crippen molar-refractivity contribution in [3.8, 4) is 0 Å². The summed E-state index contributed by atoms with van der Waals surface area (Å²) in [7, 11) is 0. The first-order chi connectivity index (χ1) is 10.8. The van der Waals surface area contributed by atoms with E-state index in [9.17, 15) is 18.0 Å². The highest BCUT2D eigenvalue weighted by Gasteiger charge is 2.30. The highest BCUT2D eigenvalue weighted by atomic mass is 19.4. The summed E-state index contributed by atoms with van der Waals surface area (Å²) < 4.78 is 42.8. The van der Waals surface area contributed by atoms with Crippen molar-refractivity contribution in [1.82, 2.24) is 4.98 Å². The van der Waals surface area contributed by atoms with Crippen molar-refractivity contribution in [2.75, 3.05) is 5.32 Å². The number of benzene rings is 2. The summed E-state index contributed by atoms with van der Waals surface area (Å²) in [6.07, 6.45) is -4.40. The maximum absolute atomic E-state index is 12.5. The molecule has 0 saturated heterocycles. The van der Waals surface area contributed by atoms with E-state index in [0.717, 1.165) is 12.1 Å². The fourth-order valence-corrected chi connectivity index (χ4v) is 2.13. The second-order valence-electron chi connectivity index (χ2n) is 4.94. The van der Waals surface area contributed by atoms with Crippen LogP contribution in [0.25, 0.3) is 11.1 Å². The summed E-state index contributed by atoms with van der Waals surface area (Å²) in [5, 5.41) is 2.54. The Hall–Kier alpha value is -2.83. The maximum atomic E-state index is 12.5. The number of nitrogens with zero attached hydrogens (tertiary/aromatic N) is 1. The lowest BCUT2D eigenvalue weighted by molar-refractivity contribution is -0.137. The van der Waals surface area contributed by atoms with E-state index in [1.54, 1.807) is 25.1 Å². The number of hydrogen-bond acceptors (Lipinski definition) is 3. The summed E-state index contributed by atoms with van der Waals surface area (Å²) in [6, 6.07) is 8.99. The summed E-state index contributed by atoms with van der Waals surface area (Å²) in [5.74, 6) is 0.0487. The van der Waals surface area contributed by atoms with Gasteiger partial charge in [-0.3, -0.25) is 4.79 Å². The Balaban J connectivity index is 1.79. The molecule has 4 nitrogen and oxygen atoms in total. The molecule has 1 heterocycles. The summed E-state index contributed by atoms with van der Waals surface area (Å²) >= 11 is 0. The highest BCUT2D eigenvalue weighted by Crippen LogP contribution is 2.30. The number of fused-ring (bicyclic) bond motifs is 1. The van der Waals surface area contributed by atoms with Gasteiger partial charge in [-0.1, -0.05) is 0 Å². The molecule has 0 aliphatic rings. The Kier molecular flexibility index (Phi) is 3.55. The van der Waals surface area contributed by atoms with Crippen LogP contribution in [0, 0.1) is 6.92 Å². The molecule has 0 atom stereocenters. The summed E-state index contributed by atoms with van der Waals surface area (Å²) in [4.78, 5) is 16.3. The van der Waals surface area contributed by atoms with E-state index in [4.69, 9.17) is 4.42 Å². The van der Waals surface area contributed by atoms with Crippen LogP contribution in [0.4, 0.5) is 18.9 Å². The molecule has 1 N–H and O–H groups in total. The number of aromatic nitrogens is 1. The molecule has 0 fully saturated rings. The minimum absolute atomic E-state index is 0.277. The Morgan fingerprint density at radius 2 is 1.83 bits per heavy atom. The number of anilines is 1. The lowest BCUT2D eigenvalue weighted by Crippen LogP contribution is -2.12. The van der Waals surface area contributed by atoms with Crippen molar-refractivity contribution >= 4 is 22.7 Å². The zero-order valence-electron chi connectivity index (χ0n) is 11.9. The van der Waals surface area contributed by atoms with Crippen LogP contribution in [-0.2, 0) is 6.18 Å². The number of rotatable bonds is 2. The third-order valence-electron chi connectivity index (χ3n) is 3.23. The molecule has 0 bridgehead atoms. The molecule has 3 aromatic rings. The molecule has 0 aliphatic carbocycles. The van der Waals surface area contributed by atoms with E-state index in [-0.39, 0.29) is 5.69 Å². The molecule has 0 saturated carbocycles. The van der Waals surface area contributed by atoms with Crippen molar-refractivity contribution in [3.05, 3.63) is 59.5 Å². The van der Waals surface area contributed by atoms with Crippen LogP contribution in [-0.4, -0.2) is 10.9 Å². The van der Waals surface area contributed by atoms with Gasteiger partial charge in [-0.05, 0) is 42.5 Å². The number of carbonyl (C=O) groups is 1. The van der Waals surface area contributed by atoms with E-state index in [1.807, 2.05) is 0 Å². The zero-order chi connectivity index (χ0) is 16.6. The van der Waals surface area contributed by atoms with Gasteiger partial charge >= 0.3 is 6.18 Å². The topological polar surface area (TPSA) is 55.1 Å². The number of oxazole rings is 1. The average Bonchev–Trinajstić information content (AvgIpc) is 2.85. The van der Waals surface area contributed by atoms with Crippen molar-refractivity contribution in [3.63, 3.8) is 0 Å². The number of amides is 1. The van der Waals surface area contributed by atoms with Gasteiger partial charge < -0.3 is 9.73 Å². The molecule has 118 valence electrons. The molecule has 0 unspecified atom stereocenters. The third-order valence-corrected chi connectivity index (χ3v) is 3.23. The van der Waals surface area contributed by atoms with Crippen molar-refractivity contribution < 1.29 is 22.4 Å². The lowest BCUT2D eigenvalue weighted by atomic mass is 10.1. The second kappa shape index (κ2) is 5.42. The molecule has 0 spiro atoms. The monoisotopic (exact) mass is 320 g/mol. The largest absolute Gasteiger partial charge is 0.441 e. The van der Waals surface area contributed by atoms with Gasteiger partial charge in [-0.15, -0.1) is 0 Å². The smallest absolute Gasteiger partial charge is 0.416 e. The van der Waals surface area contributed by atoms with Gasteiger partial charge in [0.2, 0.25) is 0 Å². The van der Waals surface area contributed by atoms with Gasteiger partial charge in [0.1, 0.15) is 5.52 Å². The van der Waals surface area contributed by atoms with Crippen molar-refractivity contribution in [2.24, 2.45) is 0 Å². The first-order valence-corrected chi connectivity index (χ1v) is 6.69. The molecular weight excluding hydrogens is 309 g/mol. The number of hydrogen-bond donors (Lipinski definition) is 1. The number of halogens is 3. The van der Waals surface area contributed by atoms with Crippen LogP contribution in [0.1, 0.15) is 21.8 Å². The number of carbonyl (C=O) groups excluding carboxylic acids is 1. The van der Waals surface area contributed by atoms with Crippen LogP contribution < -0.4 is 5.32 Å². The average molecular weight is 320 g/mol. The molecule has 2 aromatic carbocycles. The lowest BCUT2D eigenvalue weighted by Gasteiger charge is -2.08. The van der Waals surface area contributed by atoms with Crippen LogP contribution in [0.2, 0.25) is 0 Å². The van der Waals surface area contributed by atoms with E-state index >= 15 is 0 Å². The molecule has 0 aliphatic heterocycles. The fraction of sp³-hybridized carbons (Fsp3) is 0.125. The Bertz CT molecular complexity index is 867. The zero-order valence-corrected chi connectivity index (χ0v) is 11.9. The van der Waals surface area contributed by atoms with Gasteiger partial charge in [0.05, 0.1) is 5.56 Å². The Morgan fingerprint density at radius 3 is 2.48 bits per heavy atom. The van der Waals surface area contributed by atoms with Crippen LogP contribution >= 0.6 is 0 Å². The second-order valence-corrected chi connectivity index (χ2v) is 4.94. The number of alkyl halides is 3. The quantitative estimate of drug-likeness (QED) is 0.761. The van der Waals surface area contributed by atoms with Crippen LogP contribution in [0.15, 0.2) is 46.9 Å². The molecule has 0 radical (unpaired) electrons. The van der Waals surface area contributed by atoms with Crippen molar-refractivity contribution in [2.45, 2.75) is 13.1 Å². The van der Waals surface area contributed by atoms with Gasteiger partial charge in [0.25, 0.3) is 5.91 Å². The van der Waals surface area contributed by atoms with E-state index < -0.39 is 17.6 Å². The third kappa shape index (κ3) is 3.18. The predicted octanol–water partition coefficient (Wildman–Crippen LogP) is 4.41. The molecule has 3 rings (SSSR count). The standard InChI is InChI=1S/C16H11F3N2O2/c1-9-20-13-8-10(2-7-14(13)23-9)15(22)21-12-5-3-11(4-6-12)16(17,18)19/h2-8H,1H3,(H,21,22). The Morgan fingerprint density at radius 1 is 1.13 bits per heavy atom. The number of nitrogens with one attached hydrogen (secondary N) is 1. The SMILES string of the molecule is Cc1nc2cc(C(=O)Nc3ccc(C(F)(F)F)cc3)ccc2o1. The molecule has 1 amide bonds. The molecule has 7 heteroatoms. The summed E-state index contributed by atoms with van der Waals surface area (Å²) in [5.41, 5.74) is 0.955. The van der Waals surface area contributed by atoms with Crippen molar-refractivity contribution in [1.29, 1.82) is 0 Å². The van der Waals surface area contributed by atoms with E-state index in [2.05, 4.69) is 10.3 Å². The van der Waals surface area contributed by atoms with Gasteiger partial charge in [-0.25, -0.2) is 4.98 Å². The number of aryl methyl sites for hydroxylation is 1. The normalized spacial score (nSPS) is 11.7. The summed E-state index contributed by atoms with van der Waals surface area (Å²) in [6.45, 7) is 1.70. The molecule has 23 heavy (non-hydrogen) atoms. The van der Waals surface area contributed by atoms with Gasteiger partial charge in [0.15, 0.2) is 11.5 Å². The van der Waals surface area contributed by atoms with Gasteiger partial charge in [-0.2, -0.15) is 13.2 Å². The Labute approximate surface area is 128 Å². The minimum Gasteiger partial charge on any atom is -0.441 e. The molecular formula is C16H11F3N2O2. The predicted molar refractivity (Wildman–Crippen MR) is 78.1 cm³/mol. The maximum Gasteiger partial charge on any atom is 0.416 e. The first-order valence-electron chi connectivity index (χ1n) is 6.69. The highest BCUT2D eigenvalue weighted by molar-refractivity contribution is 6.05. The molecule has 1 aromatic heterocycles. The van der Waals surface area contributed by atoms with Crippen LogP contribution in [0.3, 0.4) is 0 Å². The minimum atomic E-state index is -4.40. The van der Waals surface area contributed by atoms with Crippen LogP contribution in [0.5, 0.6) is 0 Å².